The molecular formula is C51H78FNO12. The van der Waals surface area contributed by atoms with Crippen molar-refractivity contribution in [3.63, 3.8) is 0 Å². The second-order valence-electron chi connectivity index (χ2n) is 19.6. The molecule has 13 nitrogen and oxygen atoms in total. The van der Waals surface area contributed by atoms with E-state index < -0.39 is 83.9 Å². The predicted molar refractivity (Wildman–Crippen MR) is 244 cm³/mol. The Morgan fingerprint density at radius 3 is 2.28 bits per heavy atom. The first-order chi connectivity index (χ1) is 30.7. The van der Waals surface area contributed by atoms with Gasteiger partial charge in [-0.3, -0.25) is 19.2 Å². The third-order valence-corrected chi connectivity index (χ3v) is 14.4. The van der Waals surface area contributed by atoms with Gasteiger partial charge in [0, 0.05) is 58.5 Å². The highest BCUT2D eigenvalue weighted by Gasteiger charge is 2.55. The molecule has 1 aliphatic carbocycles. The van der Waals surface area contributed by atoms with Gasteiger partial charge in [0.25, 0.3) is 17.5 Å². The number of hydrogen-bond acceptors (Lipinski definition) is 12. The number of rotatable bonds is 6. The van der Waals surface area contributed by atoms with Gasteiger partial charge in [0.15, 0.2) is 11.6 Å². The summed E-state index contributed by atoms with van der Waals surface area (Å²) in [5.74, 6) is -9.13. The van der Waals surface area contributed by atoms with Crippen molar-refractivity contribution >= 4 is 29.2 Å². The quantitative estimate of drug-likeness (QED) is 0.204. The molecule has 2 N–H and O–H groups in total. The summed E-state index contributed by atoms with van der Waals surface area (Å²) in [6.45, 7) is 12.5. The number of aliphatic hydroxyl groups excluding tert-OH is 2. The highest BCUT2D eigenvalue weighted by atomic mass is 19.2. The molecule has 3 aliphatic heterocycles. The Hall–Kier alpha value is -3.40. The largest absolute Gasteiger partial charge is 0.460 e. The number of carbonyl (C=O) groups excluding carboxylic acids is 5. The summed E-state index contributed by atoms with van der Waals surface area (Å²) in [5.41, 5.74) is 1.14. The van der Waals surface area contributed by atoms with Crippen LogP contribution in [-0.2, 0) is 47.7 Å². The number of ketones is 3. The van der Waals surface area contributed by atoms with E-state index in [-0.39, 0.29) is 67.7 Å². The summed E-state index contributed by atoms with van der Waals surface area (Å²) >= 11 is 0. The number of nitrogens with zero attached hydrogens (tertiary/aromatic N) is 1. The lowest BCUT2D eigenvalue weighted by Crippen LogP contribution is -2.59. The summed E-state index contributed by atoms with van der Waals surface area (Å²) < 4.78 is 46.1. The van der Waals surface area contributed by atoms with E-state index in [0.717, 1.165) is 10.5 Å². The number of halogens is 1. The van der Waals surface area contributed by atoms with Gasteiger partial charge in [0.05, 0.1) is 30.5 Å². The third kappa shape index (κ3) is 14.3. The van der Waals surface area contributed by atoms with Gasteiger partial charge in [-0.05, 0) is 107 Å². The molecule has 4 aliphatic rings. The van der Waals surface area contributed by atoms with Gasteiger partial charge in [-0.15, -0.1) is 0 Å². The molecule has 1 saturated carbocycles. The van der Waals surface area contributed by atoms with Crippen LogP contribution in [0.3, 0.4) is 0 Å². The van der Waals surface area contributed by atoms with E-state index in [9.17, 15) is 34.2 Å². The van der Waals surface area contributed by atoms with Crippen LogP contribution in [0.1, 0.15) is 126 Å². The molecule has 2 saturated heterocycles. The highest BCUT2D eigenvalue weighted by molar-refractivity contribution is 6.39. The Morgan fingerprint density at radius 1 is 0.877 bits per heavy atom. The maximum absolute atomic E-state index is 17.1. The van der Waals surface area contributed by atoms with Gasteiger partial charge >= 0.3 is 5.97 Å². The van der Waals surface area contributed by atoms with Crippen LogP contribution in [0.15, 0.2) is 47.6 Å². The first kappa shape index (κ1) is 54.2. The molecule has 3 fully saturated rings. The van der Waals surface area contributed by atoms with E-state index in [0.29, 0.717) is 56.9 Å². The lowest BCUT2D eigenvalue weighted by molar-refractivity contribution is -0.231. The van der Waals surface area contributed by atoms with Crippen LogP contribution in [0, 0.1) is 35.5 Å². The fourth-order valence-corrected chi connectivity index (χ4v) is 10.1. The van der Waals surface area contributed by atoms with E-state index >= 15 is 4.39 Å². The molecule has 1 amide bonds. The van der Waals surface area contributed by atoms with E-state index in [4.69, 9.17) is 23.7 Å². The van der Waals surface area contributed by atoms with Gasteiger partial charge in [0.1, 0.15) is 18.2 Å². The molecular weight excluding hydrogens is 838 g/mol. The van der Waals surface area contributed by atoms with Crippen molar-refractivity contribution in [1.29, 1.82) is 0 Å². The van der Waals surface area contributed by atoms with Crippen LogP contribution in [0.4, 0.5) is 4.39 Å². The van der Waals surface area contributed by atoms with Crippen LogP contribution in [0.25, 0.3) is 0 Å². The first-order valence-electron chi connectivity index (χ1n) is 23.9. The minimum absolute atomic E-state index is 0.0102. The average molecular weight is 916 g/mol. The molecule has 366 valence electrons. The molecule has 4 rings (SSSR count). The summed E-state index contributed by atoms with van der Waals surface area (Å²) in [6.07, 6.45) is 10.4. The fraction of sp³-hybridized carbons (Fsp3) is 0.745. The lowest BCUT2D eigenvalue weighted by Gasteiger charge is -2.41. The van der Waals surface area contributed by atoms with Crippen molar-refractivity contribution in [1.82, 2.24) is 4.90 Å². The van der Waals surface area contributed by atoms with Gasteiger partial charge in [-0.2, -0.15) is 0 Å². The van der Waals surface area contributed by atoms with Crippen molar-refractivity contribution in [3.8, 4) is 0 Å². The molecule has 3 heterocycles. The molecule has 0 aromatic carbocycles. The molecule has 0 spiro atoms. The number of ether oxygens (including phenoxy) is 5. The van der Waals surface area contributed by atoms with Crippen molar-refractivity contribution in [3.05, 3.63) is 47.6 Å². The SMILES string of the molecule is CO[C@H]1C[C@@H]2CC[C@@H](C)C(F)(O2)C(=O)C(=O)N2CCCC[C@H]2C(=O)OC([C@H](C)CC2CC[C@H](O)[C@H](OC)C2)CC(=O)C(C)=CC(C)[C@@H](O)[C@@H](OC)C(=O)[C@H](C)C[C@H](C)C=CC=CC=C1C. The summed E-state index contributed by atoms with van der Waals surface area (Å²) in [7, 11) is 4.48. The predicted octanol–water partition coefficient (Wildman–Crippen LogP) is 7.16. The number of allylic oxidation sites excluding steroid dienone is 6. The van der Waals surface area contributed by atoms with Gasteiger partial charge in [-0.25, -0.2) is 9.18 Å². The third-order valence-electron chi connectivity index (χ3n) is 14.4. The lowest BCUT2D eigenvalue weighted by atomic mass is 9.78. The molecule has 2 bridgehead atoms. The minimum Gasteiger partial charge on any atom is -0.460 e. The van der Waals surface area contributed by atoms with Crippen LogP contribution >= 0.6 is 0 Å². The number of methoxy groups -OCH3 is 3. The number of hydrogen-bond donors (Lipinski definition) is 2. The molecule has 65 heavy (non-hydrogen) atoms. The van der Waals surface area contributed by atoms with Crippen LogP contribution < -0.4 is 0 Å². The Labute approximate surface area is 386 Å². The maximum Gasteiger partial charge on any atom is 0.329 e. The van der Waals surface area contributed by atoms with E-state index in [2.05, 4.69) is 0 Å². The average Bonchev–Trinajstić information content (AvgIpc) is 3.28. The second-order valence-corrected chi connectivity index (χ2v) is 19.6. The zero-order valence-corrected chi connectivity index (χ0v) is 40.5. The number of fused-ring (bicyclic) bond motifs is 3. The van der Waals surface area contributed by atoms with Crippen LogP contribution in [0.2, 0.25) is 0 Å². The van der Waals surface area contributed by atoms with E-state index in [1.165, 1.54) is 7.11 Å². The van der Waals surface area contributed by atoms with Crippen molar-refractivity contribution in [2.45, 2.75) is 180 Å². The second kappa shape index (κ2) is 25.1. The monoisotopic (exact) mass is 916 g/mol. The van der Waals surface area contributed by atoms with Gasteiger partial charge in [-0.1, -0.05) is 71.1 Å². The number of amides is 1. The van der Waals surface area contributed by atoms with Crippen LogP contribution in [-0.4, -0.2) is 127 Å². The zero-order valence-electron chi connectivity index (χ0n) is 40.5. The summed E-state index contributed by atoms with van der Waals surface area (Å²) in [4.78, 5) is 71.4. The number of aliphatic hydroxyl groups is 2. The molecule has 0 radical (unpaired) electrons. The summed E-state index contributed by atoms with van der Waals surface area (Å²) in [6, 6.07) is -1.20. The number of carbonyl (C=O) groups is 5. The Kier molecular flexibility index (Phi) is 20.9. The van der Waals surface area contributed by atoms with Gasteiger partial charge < -0.3 is 38.8 Å². The van der Waals surface area contributed by atoms with Crippen LogP contribution in [0.5, 0.6) is 0 Å². The van der Waals surface area contributed by atoms with Gasteiger partial charge in [0.2, 0.25) is 0 Å². The number of Topliss-reactive ketones (excluding diaryl/α,β-unsaturated/α-hetero) is 3. The molecule has 0 aromatic heterocycles. The molecule has 14 heteroatoms. The topological polar surface area (TPSA) is 175 Å². The standard InChI is InChI=1S/C51H78FNO12/c1-30-16-12-11-13-17-31(2)42(61-8)28-38-21-19-36(7)51(52,65-38)48(58)49(59)53-23-15-14-18-39(53)50(60)64-43(33(4)26-37-20-22-40(54)44(27-37)62-9)29-41(55)32(3)25-35(6)46(57)47(63-10)45(56)34(5)24-30/h11-13,16-17,25,30,33-40,42-44,46-47,54,57H,14-15,18-24,26-29H2,1-10H3/t30-,33-,34-,35?,36-,37?,38+,39+,40+,42+,43?,44-,46-,47+,51?/m1/s1. The highest BCUT2D eigenvalue weighted by Crippen LogP contribution is 2.40. The van der Waals surface area contributed by atoms with E-state index in [1.54, 1.807) is 41.1 Å². The van der Waals surface area contributed by atoms with Crippen molar-refractivity contribution in [2.75, 3.05) is 27.9 Å². The smallest absolute Gasteiger partial charge is 0.329 e. The Morgan fingerprint density at radius 2 is 1.60 bits per heavy atom. The number of cyclic esters (lactones) is 1. The molecule has 15 atom stereocenters. The number of alkyl halides is 1. The normalized spacial score (nSPS) is 37.8. The number of esters is 1. The Bertz CT molecular complexity index is 1760. The van der Waals surface area contributed by atoms with Crippen molar-refractivity contribution in [2.24, 2.45) is 35.5 Å². The molecule has 0 aromatic rings. The minimum atomic E-state index is -2.93. The fourth-order valence-electron chi connectivity index (χ4n) is 10.1. The Balaban J connectivity index is 1.70. The maximum atomic E-state index is 17.1. The molecule has 4 unspecified atom stereocenters. The van der Waals surface area contributed by atoms with E-state index in [1.807, 2.05) is 58.1 Å². The first-order valence-corrected chi connectivity index (χ1v) is 23.9. The van der Waals surface area contributed by atoms with Crippen molar-refractivity contribution < 1.29 is 62.3 Å². The number of piperidine rings is 1. The summed E-state index contributed by atoms with van der Waals surface area (Å²) in [5, 5.41) is 21.9. The zero-order chi connectivity index (χ0) is 48.2.